The van der Waals surface area contributed by atoms with Gasteiger partial charge in [0.05, 0.1) is 0 Å². The van der Waals surface area contributed by atoms with Gasteiger partial charge in [0, 0.05) is 33.4 Å². The van der Waals surface area contributed by atoms with Crippen LogP contribution >= 0.6 is 24.0 Å². The zero-order valence-electron chi connectivity index (χ0n) is 11.0. The van der Waals surface area contributed by atoms with Crippen molar-refractivity contribution in [3.05, 3.63) is 18.0 Å². The van der Waals surface area contributed by atoms with Crippen LogP contribution in [0.1, 0.15) is 5.69 Å². The molecule has 0 aliphatic heterocycles. The van der Waals surface area contributed by atoms with Gasteiger partial charge in [0.1, 0.15) is 5.69 Å². The van der Waals surface area contributed by atoms with Gasteiger partial charge < -0.3 is 16.0 Å². The molecule has 20 heavy (non-hydrogen) atoms. The van der Waals surface area contributed by atoms with Crippen LogP contribution < -0.4 is 16.0 Å². The van der Waals surface area contributed by atoms with Gasteiger partial charge >= 0.3 is 6.18 Å². The third-order valence-corrected chi connectivity index (χ3v) is 2.11. The van der Waals surface area contributed by atoms with Crippen LogP contribution in [0, 0.1) is 0 Å². The number of guanidine groups is 1. The molecule has 3 N–H and O–H groups in total. The van der Waals surface area contributed by atoms with Crippen molar-refractivity contribution in [1.82, 2.24) is 20.6 Å². The predicted molar refractivity (Wildman–Crippen MR) is 81.4 cm³/mol. The van der Waals surface area contributed by atoms with Crippen LogP contribution in [-0.4, -0.2) is 43.1 Å². The second kappa shape index (κ2) is 8.76. The fourth-order valence-corrected chi connectivity index (χ4v) is 1.24. The lowest BCUT2D eigenvalue weighted by Gasteiger charge is -2.10. The standard InChI is InChI=1S/C10H15F3N6.HI/c1-14-8(15-2)17-5-6-18-9-16-4-3-7(19-9)10(11,12)13;/h3-4H,5-6H2,1-2H3,(H2,14,15,17)(H,16,18,19);1H. The van der Waals surface area contributed by atoms with Crippen LogP contribution in [0.2, 0.25) is 0 Å². The molecule has 0 fully saturated rings. The Morgan fingerprint density at radius 1 is 1.35 bits per heavy atom. The monoisotopic (exact) mass is 404 g/mol. The van der Waals surface area contributed by atoms with Gasteiger partial charge in [-0.2, -0.15) is 13.2 Å². The number of nitrogens with one attached hydrogen (secondary N) is 3. The molecule has 1 aromatic rings. The summed E-state index contributed by atoms with van der Waals surface area (Å²) in [5.74, 6) is 0.530. The van der Waals surface area contributed by atoms with E-state index >= 15 is 0 Å². The average Bonchev–Trinajstić information content (AvgIpc) is 2.38. The SMILES string of the molecule is CN=C(NC)NCCNc1nccc(C(F)(F)F)n1.I. The van der Waals surface area contributed by atoms with Crippen LogP contribution in [0.15, 0.2) is 17.3 Å². The number of anilines is 1. The Balaban J connectivity index is 0.00000361. The molecule has 0 atom stereocenters. The van der Waals surface area contributed by atoms with Crippen LogP contribution in [0.4, 0.5) is 19.1 Å². The number of alkyl halides is 3. The first-order valence-electron chi connectivity index (χ1n) is 5.50. The van der Waals surface area contributed by atoms with Crippen LogP contribution in [0.3, 0.4) is 0 Å². The van der Waals surface area contributed by atoms with Gasteiger partial charge in [0.25, 0.3) is 0 Å². The molecule has 0 bridgehead atoms. The summed E-state index contributed by atoms with van der Waals surface area (Å²) in [6, 6.07) is 0.826. The van der Waals surface area contributed by atoms with E-state index in [4.69, 9.17) is 0 Å². The highest BCUT2D eigenvalue weighted by Gasteiger charge is 2.32. The molecule has 0 spiro atoms. The van der Waals surface area contributed by atoms with E-state index in [1.807, 2.05) is 0 Å². The maximum Gasteiger partial charge on any atom is 0.433 e. The highest BCUT2D eigenvalue weighted by atomic mass is 127. The van der Waals surface area contributed by atoms with E-state index < -0.39 is 11.9 Å². The molecule has 0 saturated carbocycles. The second-order valence-electron chi connectivity index (χ2n) is 3.44. The Hall–Kier alpha value is -1.33. The van der Waals surface area contributed by atoms with Crippen molar-refractivity contribution < 1.29 is 13.2 Å². The predicted octanol–water partition coefficient (Wildman–Crippen LogP) is 1.32. The lowest BCUT2D eigenvalue weighted by molar-refractivity contribution is -0.141. The van der Waals surface area contributed by atoms with Gasteiger partial charge in [-0.25, -0.2) is 9.97 Å². The summed E-state index contributed by atoms with van der Waals surface area (Å²) in [5, 5.41) is 8.44. The number of halogens is 4. The van der Waals surface area contributed by atoms with Crippen LogP contribution in [-0.2, 0) is 6.18 Å². The number of hydrogen-bond acceptors (Lipinski definition) is 4. The molecule has 10 heteroatoms. The minimum atomic E-state index is -4.47. The third kappa shape index (κ3) is 6.21. The normalized spacial score (nSPS) is 11.6. The number of hydrogen-bond donors (Lipinski definition) is 3. The van der Waals surface area contributed by atoms with Gasteiger partial charge in [-0.1, -0.05) is 0 Å². The fraction of sp³-hybridized carbons (Fsp3) is 0.500. The van der Waals surface area contributed by atoms with Crippen molar-refractivity contribution in [2.24, 2.45) is 4.99 Å². The topological polar surface area (TPSA) is 74.2 Å². The molecule has 1 rings (SSSR count). The summed E-state index contributed by atoms with van der Waals surface area (Å²) in [7, 11) is 3.32. The summed E-state index contributed by atoms with van der Waals surface area (Å²) in [6.07, 6.45) is -3.40. The Morgan fingerprint density at radius 3 is 2.60 bits per heavy atom. The van der Waals surface area contributed by atoms with Crippen molar-refractivity contribution in [2.75, 3.05) is 32.5 Å². The van der Waals surface area contributed by atoms with Crippen molar-refractivity contribution in [2.45, 2.75) is 6.18 Å². The molecule has 0 unspecified atom stereocenters. The summed E-state index contributed by atoms with van der Waals surface area (Å²) < 4.78 is 37.2. The van der Waals surface area contributed by atoms with Gasteiger partial charge in [0.15, 0.2) is 5.96 Å². The highest BCUT2D eigenvalue weighted by Crippen LogP contribution is 2.27. The van der Waals surface area contributed by atoms with Crippen LogP contribution in [0.5, 0.6) is 0 Å². The molecule has 0 radical (unpaired) electrons. The zero-order chi connectivity index (χ0) is 14.3. The maximum atomic E-state index is 12.4. The second-order valence-corrected chi connectivity index (χ2v) is 3.44. The Kier molecular flexibility index (Phi) is 8.18. The first kappa shape index (κ1) is 18.7. The highest BCUT2D eigenvalue weighted by molar-refractivity contribution is 14.0. The van der Waals surface area contributed by atoms with E-state index in [1.165, 1.54) is 0 Å². The van der Waals surface area contributed by atoms with E-state index in [9.17, 15) is 13.2 Å². The smallest absolute Gasteiger partial charge is 0.359 e. The largest absolute Gasteiger partial charge is 0.433 e. The van der Waals surface area contributed by atoms with Crippen LogP contribution in [0.25, 0.3) is 0 Å². The molecular weight excluding hydrogens is 388 g/mol. The number of aromatic nitrogens is 2. The Morgan fingerprint density at radius 2 is 2.05 bits per heavy atom. The van der Waals surface area contributed by atoms with E-state index in [2.05, 4.69) is 30.9 Å². The lowest BCUT2D eigenvalue weighted by Crippen LogP contribution is -2.37. The summed E-state index contributed by atoms with van der Waals surface area (Å²) >= 11 is 0. The Labute approximate surface area is 131 Å². The van der Waals surface area contributed by atoms with E-state index in [0.29, 0.717) is 19.0 Å². The molecule has 0 aliphatic rings. The molecule has 6 nitrogen and oxygen atoms in total. The van der Waals surface area contributed by atoms with E-state index in [0.717, 1.165) is 12.3 Å². The van der Waals surface area contributed by atoms with Gasteiger partial charge in [-0.3, -0.25) is 4.99 Å². The van der Waals surface area contributed by atoms with Gasteiger partial charge in [-0.05, 0) is 6.07 Å². The summed E-state index contributed by atoms with van der Waals surface area (Å²) in [4.78, 5) is 11.0. The minimum absolute atomic E-state index is 0. The number of rotatable bonds is 4. The molecule has 114 valence electrons. The zero-order valence-corrected chi connectivity index (χ0v) is 13.3. The molecule has 0 aromatic carbocycles. The number of nitrogens with zero attached hydrogens (tertiary/aromatic N) is 3. The van der Waals surface area contributed by atoms with Gasteiger partial charge in [-0.15, -0.1) is 24.0 Å². The van der Waals surface area contributed by atoms with Crippen molar-refractivity contribution in [3.63, 3.8) is 0 Å². The maximum absolute atomic E-state index is 12.4. The summed E-state index contributed by atoms with van der Waals surface area (Å²) in [5.41, 5.74) is -0.969. The molecule has 0 amide bonds. The lowest BCUT2D eigenvalue weighted by atomic mass is 10.4. The first-order chi connectivity index (χ1) is 8.97. The van der Waals surface area contributed by atoms with E-state index in [1.54, 1.807) is 14.1 Å². The Bertz CT molecular complexity index is 437. The van der Waals surface area contributed by atoms with E-state index in [-0.39, 0.29) is 29.9 Å². The first-order valence-corrected chi connectivity index (χ1v) is 5.50. The van der Waals surface area contributed by atoms with Crippen molar-refractivity contribution in [3.8, 4) is 0 Å². The molecule has 1 heterocycles. The van der Waals surface area contributed by atoms with Gasteiger partial charge in [0.2, 0.25) is 5.95 Å². The molecular formula is C10H16F3IN6. The molecule has 0 aliphatic carbocycles. The van der Waals surface area contributed by atoms with Crippen molar-refractivity contribution >= 4 is 35.9 Å². The number of aliphatic imine (C=N–C) groups is 1. The molecule has 0 saturated heterocycles. The quantitative estimate of drug-likeness (QED) is 0.306. The fourth-order valence-electron chi connectivity index (χ4n) is 1.24. The minimum Gasteiger partial charge on any atom is -0.359 e. The summed E-state index contributed by atoms with van der Waals surface area (Å²) in [6.45, 7) is 0.829. The third-order valence-electron chi connectivity index (χ3n) is 2.11. The van der Waals surface area contributed by atoms with Crippen molar-refractivity contribution in [1.29, 1.82) is 0 Å². The average molecular weight is 404 g/mol. The molecule has 1 aromatic heterocycles.